The number of ether oxygens (including phenoxy) is 1. The molecule has 1 amide bonds. The number of hydrogen-bond donors (Lipinski definition) is 1. The Morgan fingerprint density at radius 3 is 2.38 bits per heavy atom. The zero-order chi connectivity index (χ0) is 18.8. The molecule has 0 bridgehead atoms. The van der Waals surface area contributed by atoms with Gasteiger partial charge < -0.3 is 19.6 Å². The molecule has 0 aromatic heterocycles. The van der Waals surface area contributed by atoms with Crippen LogP contribution in [0.5, 0.6) is 5.75 Å². The maximum Gasteiger partial charge on any atom is 0.233 e. The molecule has 1 unspecified atom stereocenters. The van der Waals surface area contributed by atoms with Crippen LogP contribution in [0.4, 0.5) is 0 Å². The third kappa shape index (κ3) is 3.74. The van der Waals surface area contributed by atoms with E-state index in [9.17, 15) is 9.90 Å². The van der Waals surface area contributed by atoms with Gasteiger partial charge in [0.1, 0.15) is 5.75 Å². The Morgan fingerprint density at radius 1 is 1.15 bits per heavy atom. The number of carbonyl (C=O) groups is 1. The highest BCUT2D eigenvalue weighted by atomic mass is 16.5. The number of hydrogen-bond acceptors (Lipinski definition) is 4. The number of amides is 1. The molecule has 2 aliphatic rings. The van der Waals surface area contributed by atoms with Crippen molar-refractivity contribution in [3.05, 3.63) is 29.8 Å². The van der Waals surface area contributed by atoms with Crippen LogP contribution in [0.3, 0.4) is 0 Å². The fraction of sp³-hybridized carbons (Fsp3) is 0.667. The van der Waals surface area contributed by atoms with Crippen LogP contribution < -0.4 is 4.74 Å². The largest absolute Gasteiger partial charge is 0.497 e. The Hall–Kier alpha value is -1.59. The fourth-order valence-electron chi connectivity index (χ4n) is 4.82. The Bertz CT molecular complexity index is 623. The van der Waals surface area contributed by atoms with Crippen LogP contribution in [0.25, 0.3) is 0 Å². The summed E-state index contributed by atoms with van der Waals surface area (Å²) in [5, 5.41) is 11.0. The van der Waals surface area contributed by atoms with Crippen molar-refractivity contribution in [3.8, 4) is 5.75 Å². The van der Waals surface area contributed by atoms with Crippen molar-refractivity contribution in [1.82, 2.24) is 9.80 Å². The first-order chi connectivity index (χ1) is 12.4. The second-order valence-electron chi connectivity index (χ2n) is 8.31. The average Bonchev–Trinajstić information content (AvgIpc) is 3.11. The zero-order valence-corrected chi connectivity index (χ0v) is 16.3. The molecular formula is C21H32N2O3. The molecule has 1 heterocycles. The van der Waals surface area contributed by atoms with Gasteiger partial charge in [0.15, 0.2) is 0 Å². The Balaban J connectivity index is 1.84. The minimum Gasteiger partial charge on any atom is -0.497 e. The van der Waals surface area contributed by atoms with Crippen LogP contribution in [-0.4, -0.2) is 67.3 Å². The van der Waals surface area contributed by atoms with E-state index in [2.05, 4.69) is 0 Å². The number of carbonyl (C=O) groups excluding carboxylic acids is 1. The maximum atomic E-state index is 13.6. The van der Waals surface area contributed by atoms with Crippen molar-refractivity contribution in [2.24, 2.45) is 0 Å². The monoisotopic (exact) mass is 360 g/mol. The second kappa shape index (κ2) is 7.57. The summed E-state index contributed by atoms with van der Waals surface area (Å²) in [5.41, 5.74) is -0.165. The molecule has 1 atom stereocenters. The lowest BCUT2D eigenvalue weighted by Gasteiger charge is -2.44. The number of nitrogens with zero attached hydrogens (tertiary/aromatic N) is 2. The second-order valence-corrected chi connectivity index (χ2v) is 8.31. The van der Waals surface area contributed by atoms with Gasteiger partial charge in [-0.15, -0.1) is 0 Å². The molecule has 0 spiro atoms. The molecule has 5 nitrogen and oxygen atoms in total. The van der Waals surface area contributed by atoms with Crippen LogP contribution in [0.15, 0.2) is 24.3 Å². The molecular weight excluding hydrogens is 328 g/mol. The average molecular weight is 360 g/mol. The van der Waals surface area contributed by atoms with Gasteiger partial charge in [-0.3, -0.25) is 4.79 Å². The van der Waals surface area contributed by atoms with Gasteiger partial charge in [0.05, 0.1) is 24.7 Å². The molecule has 1 saturated carbocycles. The van der Waals surface area contributed by atoms with Crippen LogP contribution in [0, 0.1) is 0 Å². The van der Waals surface area contributed by atoms with E-state index in [1.807, 2.05) is 48.2 Å². The molecule has 1 N–H and O–H groups in total. The van der Waals surface area contributed by atoms with Gasteiger partial charge in [-0.1, -0.05) is 25.0 Å². The van der Waals surface area contributed by atoms with E-state index in [4.69, 9.17) is 4.74 Å². The molecule has 2 fully saturated rings. The summed E-state index contributed by atoms with van der Waals surface area (Å²) in [6, 6.07) is 7.97. The van der Waals surface area contributed by atoms with Crippen molar-refractivity contribution >= 4 is 5.91 Å². The minimum absolute atomic E-state index is 0.192. The predicted octanol–water partition coefficient (Wildman–Crippen LogP) is 2.42. The van der Waals surface area contributed by atoms with Gasteiger partial charge in [-0.25, -0.2) is 0 Å². The van der Waals surface area contributed by atoms with Gasteiger partial charge >= 0.3 is 0 Å². The Morgan fingerprint density at radius 2 is 1.81 bits per heavy atom. The molecule has 1 saturated heterocycles. The lowest BCUT2D eigenvalue weighted by atomic mass is 9.76. The van der Waals surface area contributed by atoms with Crippen molar-refractivity contribution < 1.29 is 14.6 Å². The van der Waals surface area contributed by atoms with Crippen LogP contribution in [0.2, 0.25) is 0 Å². The van der Waals surface area contributed by atoms with E-state index >= 15 is 0 Å². The normalized spacial score (nSPS) is 25.5. The van der Waals surface area contributed by atoms with E-state index in [-0.39, 0.29) is 5.91 Å². The van der Waals surface area contributed by atoms with Crippen molar-refractivity contribution in [2.45, 2.75) is 49.5 Å². The molecule has 1 aromatic carbocycles. The summed E-state index contributed by atoms with van der Waals surface area (Å²) in [5.74, 6) is 1.00. The number of likely N-dealkylation sites (tertiary alicyclic amines) is 1. The highest BCUT2D eigenvalue weighted by molar-refractivity contribution is 5.89. The van der Waals surface area contributed by atoms with Crippen LogP contribution >= 0.6 is 0 Å². The molecule has 26 heavy (non-hydrogen) atoms. The molecule has 1 aliphatic heterocycles. The number of rotatable bonds is 5. The van der Waals surface area contributed by atoms with Crippen molar-refractivity contribution in [1.29, 1.82) is 0 Å². The first kappa shape index (κ1) is 19.2. The molecule has 1 aliphatic carbocycles. The van der Waals surface area contributed by atoms with E-state index in [1.54, 1.807) is 7.11 Å². The zero-order valence-electron chi connectivity index (χ0n) is 16.3. The number of methoxy groups -OCH3 is 1. The topological polar surface area (TPSA) is 53.0 Å². The summed E-state index contributed by atoms with van der Waals surface area (Å²) in [4.78, 5) is 17.5. The third-order valence-electron chi connectivity index (χ3n) is 5.96. The number of piperidine rings is 1. The van der Waals surface area contributed by atoms with Gasteiger partial charge in [0.2, 0.25) is 5.91 Å². The quantitative estimate of drug-likeness (QED) is 0.876. The third-order valence-corrected chi connectivity index (χ3v) is 5.96. The molecule has 144 valence electrons. The van der Waals surface area contributed by atoms with E-state index in [0.717, 1.165) is 56.4 Å². The Labute approximate surface area is 156 Å². The number of likely N-dealkylation sites (N-methyl/N-ethyl adjacent to an activating group) is 1. The van der Waals surface area contributed by atoms with Crippen molar-refractivity contribution in [3.63, 3.8) is 0 Å². The Kier molecular flexibility index (Phi) is 5.58. The molecule has 1 aromatic rings. The lowest BCUT2D eigenvalue weighted by molar-refractivity contribution is -0.145. The standard InChI is InChI=1S/C21H32N2O3/c1-22(2)15-20(25)11-6-14-23(16-20)19(24)21(12-4-5-13-21)17-7-9-18(26-3)10-8-17/h7-10,25H,4-6,11-16H2,1-3H3. The fourth-order valence-corrected chi connectivity index (χ4v) is 4.82. The minimum atomic E-state index is -0.808. The van der Waals surface area contributed by atoms with Gasteiger partial charge in [-0.05, 0) is 57.5 Å². The van der Waals surface area contributed by atoms with Crippen LogP contribution in [-0.2, 0) is 10.2 Å². The van der Waals surface area contributed by atoms with E-state index < -0.39 is 11.0 Å². The first-order valence-electron chi connectivity index (χ1n) is 9.70. The van der Waals surface area contributed by atoms with Crippen molar-refractivity contribution in [2.75, 3.05) is 40.8 Å². The number of β-amino-alcohol motifs (C(OH)–C–C–N with tert-alkyl or cyclic N) is 1. The first-order valence-corrected chi connectivity index (χ1v) is 9.70. The van der Waals surface area contributed by atoms with E-state index in [1.165, 1.54) is 0 Å². The van der Waals surface area contributed by atoms with Gasteiger partial charge in [0.25, 0.3) is 0 Å². The molecule has 0 radical (unpaired) electrons. The summed E-state index contributed by atoms with van der Waals surface area (Å²) in [6.07, 6.45) is 5.54. The van der Waals surface area contributed by atoms with Gasteiger partial charge in [0, 0.05) is 13.1 Å². The summed E-state index contributed by atoms with van der Waals surface area (Å²) < 4.78 is 5.27. The highest BCUT2D eigenvalue weighted by Gasteiger charge is 2.47. The smallest absolute Gasteiger partial charge is 0.233 e. The maximum absolute atomic E-state index is 13.6. The number of aliphatic hydroxyl groups is 1. The predicted molar refractivity (Wildman–Crippen MR) is 102 cm³/mol. The van der Waals surface area contributed by atoms with Gasteiger partial charge in [-0.2, -0.15) is 0 Å². The SMILES string of the molecule is COc1ccc(C2(C(=O)N3CCCC(O)(CN(C)C)C3)CCCC2)cc1. The molecule has 3 rings (SSSR count). The summed E-state index contributed by atoms with van der Waals surface area (Å²) in [6.45, 7) is 1.76. The van der Waals surface area contributed by atoms with E-state index in [0.29, 0.717) is 13.1 Å². The summed E-state index contributed by atoms with van der Waals surface area (Å²) in [7, 11) is 5.59. The summed E-state index contributed by atoms with van der Waals surface area (Å²) >= 11 is 0. The number of benzene rings is 1. The van der Waals surface area contributed by atoms with Crippen LogP contribution in [0.1, 0.15) is 44.1 Å². The lowest BCUT2D eigenvalue weighted by Crippen LogP contribution is -2.57. The molecule has 5 heteroatoms. The highest BCUT2D eigenvalue weighted by Crippen LogP contribution is 2.43.